The molecule has 0 spiro atoms. The van der Waals surface area contributed by atoms with E-state index in [0.29, 0.717) is 12.8 Å². The van der Waals surface area contributed by atoms with Crippen molar-refractivity contribution in [2.45, 2.75) is 19.4 Å². The first-order valence-electron chi connectivity index (χ1n) is 5.73. The number of nitrogens with zero attached hydrogens (tertiary/aromatic N) is 4. The Labute approximate surface area is 101 Å². The Morgan fingerprint density at radius 3 is 2.47 bits per heavy atom. The molecule has 2 heterocycles. The fraction of sp³-hybridized carbons (Fsp3) is 0.462. The molecule has 0 saturated carbocycles. The van der Waals surface area contributed by atoms with Gasteiger partial charge in [0.25, 0.3) is 0 Å². The molecule has 17 heavy (non-hydrogen) atoms. The lowest BCUT2D eigenvalue weighted by atomic mass is 9.81. The number of piperidine rings is 1. The van der Waals surface area contributed by atoms with Crippen molar-refractivity contribution in [3.63, 3.8) is 0 Å². The Morgan fingerprint density at radius 1 is 1.24 bits per heavy atom. The number of nitriles is 2. The largest absolute Gasteiger partial charge is 0.297 e. The summed E-state index contributed by atoms with van der Waals surface area (Å²) in [5.74, 6) is 0. The summed E-state index contributed by atoms with van der Waals surface area (Å²) in [6.45, 7) is 2.38. The van der Waals surface area contributed by atoms with E-state index in [4.69, 9.17) is 10.5 Å². The molecule has 1 fully saturated rings. The van der Waals surface area contributed by atoms with Gasteiger partial charge in [-0.15, -0.1) is 0 Å². The maximum Gasteiger partial charge on any atom is 0.146 e. The summed E-state index contributed by atoms with van der Waals surface area (Å²) in [4.78, 5) is 6.52. The summed E-state index contributed by atoms with van der Waals surface area (Å²) in [5.41, 5.74) is 0.273. The van der Waals surface area contributed by atoms with E-state index in [0.717, 1.165) is 25.3 Å². The van der Waals surface area contributed by atoms with E-state index in [9.17, 15) is 0 Å². The van der Waals surface area contributed by atoms with E-state index < -0.39 is 5.41 Å². The first-order chi connectivity index (χ1) is 8.28. The first kappa shape index (κ1) is 11.6. The van der Waals surface area contributed by atoms with Crippen LogP contribution in [0.1, 0.15) is 18.5 Å². The SMILES string of the molecule is N#CC1(C#N)CCN(Cc2ccccn2)CC1. The first-order valence-corrected chi connectivity index (χ1v) is 5.73. The summed E-state index contributed by atoms with van der Waals surface area (Å²) in [6.07, 6.45) is 3.05. The van der Waals surface area contributed by atoms with Crippen LogP contribution in [-0.2, 0) is 6.54 Å². The predicted molar refractivity (Wildman–Crippen MR) is 62.4 cm³/mol. The van der Waals surface area contributed by atoms with Crippen molar-refractivity contribution in [1.82, 2.24) is 9.88 Å². The molecule has 0 atom stereocenters. The summed E-state index contributed by atoms with van der Waals surface area (Å²) in [7, 11) is 0. The molecule has 2 rings (SSSR count). The monoisotopic (exact) mass is 226 g/mol. The zero-order chi connectivity index (χ0) is 12.1. The minimum Gasteiger partial charge on any atom is -0.297 e. The summed E-state index contributed by atoms with van der Waals surface area (Å²) in [5, 5.41) is 18.0. The normalized spacial score (nSPS) is 19.2. The van der Waals surface area contributed by atoms with E-state index in [1.54, 1.807) is 6.20 Å². The Morgan fingerprint density at radius 2 is 1.94 bits per heavy atom. The molecule has 1 saturated heterocycles. The Balaban J connectivity index is 1.93. The maximum absolute atomic E-state index is 9.01. The third-order valence-corrected chi connectivity index (χ3v) is 3.25. The molecule has 0 amide bonds. The lowest BCUT2D eigenvalue weighted by molar-refractivity contribution is 0.168. The Hall–Kier alpha value is -1.91. The molecule has 0 aromatic carbocycles. The molecule has 1 aliphatic heterocycles. The average Bonchev–Trinajstić information content (AvgIpc) is 2.41. The number of aromatic nitrogens is 1. The molecule has 1 aliphatic rings. The highest BCUT2D eigenvalue weighted by molar-refractivity contribution is 5.15. The fourth-order valence-corrected chi connectivity index (χ4v) is 2.06. The molecule has 0 bridgehead atoms. The van der Waals surface area contributed by atoms with Crippen molar-refractivity contribution < 1.29 is 0 Å². The second-order valence-corrected chi connectivity index (χ2v) is 4.40. The van der Waals surface area contributed by atoms with Crippen molar-refractivity contribution in [2.24, 2.45) is 5.41 Å². The standard InChI is InChI=1S/C13H14N4/c14-10-13(11-15)4-7-17(8-5-13)9-12-3-1-2-6-16-12/h1-3,6H,4-5,7-9H2. The number of likely N-dealkylation sites (tertiary alicyclic amines) is 1. The Kier molecular flexibility index (Phi) is 3.37. The topological polar surface area (TPSA) is 63.7 Å². The van der Waals surface area contributed by atoms with Gasteiger partial charge in [0.2, 0.25) is 0 Å². The number of pyridine rings is 1. The van der Waals surface area contributed by atoms with E-state index in [-0.39, 0.29) is 0 Å². The summed E-state index contributed by atoms with van der Waals surface area (Å²) in [6, 6.07) is 10.2. The molecular weight excluding hydrogens is 212 g/mol. The van der Waals surface area contributed by atoms with Gasteiger partial charge in [0.05, 0.1) is 17.8 Å². The maximum atomic E-state index is 9.01. The Bertz CT molecular complexity index is 431. The molecule has 4 nitrogen and oxygen atoms in total. The highest BCUT2D eigenvalue weighted by atomic mass is 15.1. The van der Waals surface area contributed by atoms with Gasteiger partial charge in [0, 0.05) is 25.8 Å². The van der Waals surface area contributed by atoms with Crippen LogP contribution in [0.3, 0.4) is 0 Å². The smallest absolute Gasteiger partial charge is 0.146 e. The van der Waals surface area contributed by atoms with Crippen molar-refractivity contribution in [3.8, 4) is 12.1 Å². The van der Waals surface area contributed by atoms with Crippen molar-refractivity contribution in [1.29, 1.82) is 10.5 Å². The van der Waals surface area contributed by atoms with Gasteiger partial charge >= 0.3 is 0 Å². The molecule has 86 valence electrons. The summed E-state index contributed by atoms with van der Waals surface area (Å²) < 4.78 is 0. The van der Waals surface area contributed by atoms with Crippen LogP contribution in [0, 0.1) is 28.1 Å². The van der Waals surface area contributed by atoms with Crippen molar-refractivity contribution in [3.05, 3.63) is 30.1 Å². The van der Waals surface area contributed by atoms with Gasteiger partial charge in [0.1, 0.15) is 5.41 Å². The van der Waals surface area contributed by atoms with Crippen LogP contribution in [0.2, 0.25) is 0 Å². The van der Waals surface area contributed by atoms with Crippen LogP contribution >= 0.6 is 0 Å². The molecule has 4 heteroatoms. The van der Waals surface area contributed by atoms with Crippen molar-refractivity contribution >= 4 is 0 Å². The zero-order valence-electron chi connectivity index (χ0n) is 9.63. The number of hydrogen-bond acceptors (Lipinski definition) is 4. The van der Waals surface area contributed by atoms with Gasteiger partial charge in [-0.1, -0.05) is 6.07 Å². The lowest BCUT2D eigenvalue weighted by Gasteiger charge is -2.32. The van der Waals surface area contributed by atoms with E-state index in [1.165, 1.54) is 0 Å². The lowest BCUT2D eigenvalue weighted by Crippen LogP contribution is -2.38. The number of hydrogen-bond donors (Lipinski definition) is 0. The van der Waals surface area contributed by atoms with Crippen LogP contribution in [0.25, 0.3) is 0 Å². The predicted octanol–water partition coefficient (Wildman–Crippen LogP) is 1.71. The second-order valence-electron chi connectivity index (χ2n) is 4.40. The highest BCUT2D eigenvalue weighted by Crippen LogP contribution is 2.30. The second kappa shape index (κ2) is 4.95. The van der Waals surface area contributed by atoms with Crippen LogP contribution in [0.4, 0.5) is 0 Å². The zero-order valence-corrected chi connectivity index (χ0v) is 9.63. The molecule has 0 aliphatic carbocycles. The molecule has 0 radical (unpaired) electrons. The molecule has 1 aromatic rings. The fourth-order valence-electron chi connectivity index (χ4n) is 2.06. The van der Waals surface area contributed by atoms with E-state index >= 15 is 0 Å². The third kappa shape index (κ3) is 2.61. The van der Waals surface area contributed by atoms with Gasteiger partial charge in [-0.25, -0.2) is 0 Å². The van der Waals surface area contributed by atoms with Gasteiger partial charge in [-0.3, -0.25) is 9.88 Å². The van der Waals surface area contributed by atoms with Gasteiger partial charge in [-0.05, 0) is 25.0 Å². The van der Waals surface area contributed by atoms with Crippen LogP contribution < -0.4 is 0 Å². The molecule has 0 N–H and O–H groups in total. The average molecular weight is 226 g/mol. The minimum absolute atomic E-state index is 0.632. The quantitative estimate of drug-likeness (QED) is 0.770. The number of rotatable bonds is 2. The van der Waals surface area contributed by atoms with Gasteiger partial charge < -0.3 is 0 Å². The molecular formula is C13H14N4. The molecule has 1 aromatic heterocycles. The third-order valence-electron chi connectivity index (χ3n) is 3.25. The molecule has 0 unspecified atom stereocenters. The van der Waals surface area contributed by atoms with Crippen molar-refractivity contribution in [2.75, 3.05) is 13.1 Å². The highest BCUT2D eigenvalue weighted by Gasteiger charge is 2.34. The van der Waals surface area contributed by atoms with Crippen LogP contribution in [0.15, 0.2) is 24.4 Å². The van der Waals surface area contributed by atoms with Gasteiger partial charge in [0.15, 0.2) is 0 Å². The van der Waals surface area contributed by atoms with Crippen LogP contribution in [-0.4, -0.2) is 23.0 Å². The van der Waals surface area contributed by atoms with E-state index in [1.807, 2.05) is 18.2 Å². The van der Waals surface area contributed by atoms with Gasteiger partial charge in [-0.2, -0.15) is 10.5 Å². The minimum atomic E-state index is -0.763. The van der Waals surface area contributed by atoms with Crippen LogP contribution in [0.5, 0.6) is 0 Å². The summed E-state index contributed by atoms with van der Waals surface area (Å²) >= 11 is 0. The van der Waals surface area contributed by atoms with E-state index in [2.05, 4.69) is 22.0 Å².